The second-order valence-corrected chi connectivity index (χ2v) is 5.05. The largest absolute Gasteiger partial charge is 0.332 e. The Morgan fingerprint density at radius 2 is 1.87 bits per heavy atom. The molecule has 0 atom stereocenters. The molecule has 0 aliphatic rings. The van der Waals surface area contributed by atoms with E-state index in [0.717, 1.165) is 27.3 Å². The number of nitrogens with zero attached hydrogens (tertiary/aromatic N) is 3. The molecule has 0 saturated carbocycles. The van der Waals surface area contributed by atoms with Gasteiger partial charge in [0.15, 0.2) is 0 Å². The van der Waals surface area contributed by atoms with Crippen molar-refractivity contribution in [1.29, 1.82) is 0 Å². The van der Waals surface area contributed by atoms with Gasteiger partial charge in [-0.05, 0) is 6.07 Å². The summed E-state index contributed by atoms with van der Waals surface area (Å²) in [5, 5.41) is 12.9. The van der Waals surface area contributed by atoms with Gasteiger partial charge in [-0.25, -0.2) is 4.79 Å². The Labute approximate surface area is 133 Å². The summed E-state index contributed by atoms with van der Waals surface area (Å²) in [6.45, 7) is 0. The third-order valence-electron chi connectivity index (χ3n) is 3.18. The number of halogens is 1. The second-order valence-electron chi connectivity index (χ2n) is 4.64. The summed E-state index contributed by atoms with van der Waals surface area (Å²) in [6.07, 6.45) is 0. The second kappa shape index (κ2) is 6.05. The SMILES string of the molecule is Cn1c(NC(=O)c2ccc([N+](=O)[O-])cc2Cl)cc(=O)n(C)c1=O. The van der Waals surface area contributed by atoms with Crippen LogP contribution in [0.15, 0.2) is 33.9 Å². The number of non-ortho nitro benzene ring substituents is 1. The molecule has 23 heavy (non-hydrogen) atoms. The van der Waals surface area contributed by atoms with Gasteiger partial charge >= 0.3 is 5.69 Å². The Balaban J connectivity index is 2.39. The minimum absolute atomic E-state index is 0.0162. The van der Waals surface area contributed by atoms with Gasteiger partial charge in [-0.3, -0.25) is 28.8 Å². The van der Waals surface area contributed by atoms with Crippen molar-refractivity contribution in [2.45, 2.75) is 0 Å². The first-order chi connectivity index (χ1) is 10.7. The Morgan fingerprint density at radius 1 is 1.22 bits per heavy atom. The zero-order chi connectivity index (χ0) is 17.3. The quantitative estimate of drug-likeness (QED) is 0.659. The Bertz CT molecular complexity index is 931. The van der Waals surface area contributed by atoms with E-state index in [2.05, 4.69) is 5.32 Å². The standard InChI is InChI=1S/C13H11ClN4O5/c1-16-10(6-11(19)17(2)13(16)21)15-12(20)8-4-3-7(18(22)23)5-9(8)14/h3-6H,1-2H3,(H,15,20). The van der Waals surface area contributed by atoms with Crippen molar-refractivity contribution in [1.82, 2.24) is 9.13 Å². The molecule has 1 amide bonds. The molecule has 0 saturated heterocycles. The average Bonchev–Trinajstić information content (AvgIpc) is 2.50. The number of hydrogen-bond acceptors (Lipinski definition) is 5. The maximum Gasteiger partial charge on any atom is 0.332 e. The van der Waals surface area contributed by atoms with Crippen LogP contribution in [0.5, 0.6) is 0 Å². The van der Waals surface area contributed by atoms with Crippen LogP contribution < -0.4 is 16.6 Å². The van der Waals surface area contributed by atoms with Gasteiger partial charge in [0.1, 0.15) is 5.82 Å². The predicted octanol–water partition coefficient (Wildman–Crippen LogP) is 0.898. The topological polar surface area (TPSA) is 116 Å². The lowest BCUT2D eigenvalue weighted by Gasteiger charge is -2.11. The number of nitrogens with one attached hydrogen (secondary N) is 1. The summed E-state index contributed by atoms with van der Waals surface area (Å²) < 4.78 is 1.97. The van der Waals surface area contributed by atoms with E-state index < -0.39 is 22.1 Å². The summed E-state index contributed by atoms with van der Waals surface area (Å²) in [5.41, 5.74) is -1.47. The highest BCUT2D eigenvalue weighted by molar-refractivity contribution is 6.34. The zero-order valence-corrected chi connectivity index (χ0v) is 12.8. The minimum Gasteiger partial charge on any atom is -0.308 e. The van der Waals surface area contributed by atoms with Crippen LogP contribution in [0, 0.1) is 10.1 Å². The number of carbonyl (C=O) groups excluding carboxylic acids is 1. The Morgan fingerprint density at radius 3 is 2.43 bits per heavy atom. The molecule has 120 valence electrons. The summed E-state index contributed by atoms with van der Waals surface area (Å²) in [7, 11) is 2.69. The van der Waals surface area contributed by atoms with Gasteiger partial charge in [-0.15, -0.1) is 0 Å². The minimum atomic E-state index is -0.701. The molecule has 1 heterocycles. The van der Waals surface area contributed by atoms with Crippen molar-refractivity contribution in [3.8, 4) is 0 Å². The van der Waals surface area contributed by atoms with Gasteiger partial charge in [-0.2, -0.15) is 0 Å². The van der Waals surface area contributed by atoms with Gasteiger partial charge in [0.25, 0.3) is 17.2 Å². The van der Waals surface area contributed by atoms with Crippen LogP contribution in [-0.2, 0) is 14.1 Å². The number of rotatable bonds is 3. The first-order valence-corrected chi connectivity index (χ1v) is 6.62. The van der Waals surface area contributed by atoms with Crippen molar-refractivity contribution in [2.75, 3.05) is 5.32 Å². The summed E-state index contributed by atoms with van der Waals surface area (Å²) >= 11 is 5.86. The number of nitro benzene ring substituents is 1. The van der Waals surface area contributed by atoms with E-state index in [4.69, 9.17) is 11.6 Å². The van der Waals surface area contributed by atoms with Gasteiger partial charge in [0.05, 0.1) is 15.5 Å². The lowest BCUT2D eigenvalue weighted by atomic mass is 10.2. The maximum atomic E-state index is 12.2. The normalized spacial score (nSPS) is 10.4. The zero-order valence-electron chi connectivity index (χ0n) is 12.1. The van der Waals surface area contributed by atoms with Crippen LogP contribution >= 0.6 is 11.6 Å². The van der Waals surface area contributed by atoms with E-state index in [1.54, 1.807) is 0 Å². The van der Waals surface area contributed by atoms with Crippen molar-refractivity contribution < 1.29 is 9.72 Å². The fourth-order valence-corrected chi connectivity index (χ4v) is 2.10. The average molecular weight is 339 g/mol. The molecule has 1 aromatic carbocycles. The highest BCUT2D eigenvalue weighted by atomic mass is 35.5. The molecule has 0 spiro atoms. The van der Waals surface area contributed by atoms with E-state index >= 15 is 0 Å². The molecule has 2 aromatic rings. The van der Waals surface area contributed by atoms with Crippen LogP contribution in [0.3, 0.4) is 0 Å². The lowest BCUT2D eigenvalue weighted by molar-refractivity contribution is -0.384. The number of nitro groups is 1. The fraction of sp³-hybridized carbons (Fsp3) is 0.154. The van der Waals surface area contributed by atoms with Gasteiger partial charge < -0.3 is 5.32 Å². The molecule has 0 fully saturated rings. The van der Waals surface area contributed by atoms with E-state index in [1.807, 2.05) is 0 Å². The third-order valence-corrected chi connectivity index (χ3v) is 3.49. The van der Waals surface area contributed by atoms with Crippen LogP contribution in [0.25, 0.3) is 0 Å². The van der Waals surface area contributed by atoms with Crippen LogP contribution in [-0.4, -0.2) is 20.0 Å². The lowest BCUT2D eigenvalue weighted by Crippen LogP contribution is -2.38. The number of aromatic nitrogens is 2. The van der Waals surface area contributed by atoms with E-state index in [0.29, 0.717) is 0 Å². The summed E-state index contributed by atoms with van der Waals surface area (Å²) in [4.78, 5) is 45.6. The van der Waals surface area contributed by atoms with E-state index in [9.17, 15) is 24.5 Å². The fourth-order valence-electron chi connectivity index (χ4n) is 1.84. The summed E-state index contributed by atoms with van der Waals surface area (Å²) in [5.74, 6) is -0.717. The molecule has 1 N–H and O–H groups in total. The molecule has 2 rings (SSSR count). The van der Waals surface area contributed by atoms with Crippen molar-refractivity contribution >= 4 is 29.0 Å². The third kappa shape index (κ3) is 3.14. The molecule has 0 bridgehead atoms. The molecule has 0 unspecified atom stereocenters. The smallest absolute Gasteiger partial charge is 0.308 e. The van der Waals surface area contributed by atoms with Crippen LogP contribution in [0.4, 0.5) is 11.5 Å². The number of amides is 1. The van der Waals surface area contributed by atoms with Crippen LogP contribution in [0.1, 0.15) is 10.4 Å². The summed E-state index contributed by atoms with van der Waals surface area (Å²) in [6, 6.07) is 4.44. The molecular weight excluding hydrogens is 328 g/mol. The monoisotopic (exact) mass is 338 g/mol. The molecule has 1 aromatic heterocycles. The highest BCUT2D eigenvalue weighted by Gasteiger charge is 2.16. The van der Waals surface area contributed by atoms with Crippen molar-refractivity contribution in [2.24, 2.45) is 14.1 Å². The molecule has 0 aliphatic heterocycles. The molecular formula is C13H11ClN4O5. The van der Waals surface area contributed by atoms with Gasteiger partial charge in [-0.1, -0.05) is 11.6 Å². The van der Waals surface area contributed by atoms with Crippen molar-refractivity contribution in [3.63, 3.8) is 0 Å². The van der Waals surface area contributed by atoms with Gasteiger partial charge in [0, 0.05) is 32.3 Å². The van der Waals surface area contributed by atoms with Gasteiger partial charge in [0.2, 0.25) is 0 Å². The number of anilines is 1. The highest BCUT2D eigenvalue weighted by Crippen LogP contribution is 2.23. The Kier molecular flexibility index (Phi) is 4.32. The molecule has 9 nitrogen and oxygen atoms in total. The van der Waals surface area contributed by atoms with Crippen molar-refractivity contribution in [3.05, 3.63) is 65.8 Å². The van der Waals surface area contributed by atoms with Crippen LogP contribution in [0.2, 0.25) is 5.02 Å². The molecule has 10 heteroatoms. The Hall–Kier alpha value is -2.94. The first-order valence-electron chi connectivity index (χ1n) is 6.24. The van der Waals surface area contributed by atoms with E-state index in [-0.39, 0.29) is 22.1 Å². The number of carbonyl (C=O) groups is 1. The number of hydrogen-bond donors (Lipinski definition) is 1. The van der Waals surface area contributed by atoms with E-state index in [1.165, 1.54) is 20.2 Å². The maximum absolute atomic E-state index is 12.2. The molecule has 0 radical (unpaired) electrons. The first kappa shape index (κ1) is 16.4. The molecule has 0 aliphatic carbocycles. The predicted molar refractivity (Wildman–Crippen MR) is 83.0 cm³/mol. The number of benzene rings is 1.